The van der Waals surface area contributed by atoms with Crippen molar-refractivity contribution in [1.29, 1.82) is 0 Å². The Labute approximate surface area is 82.6 Å². The van der Waals surface area contributed by atoms with Gasteiger partial charge in [-0.05, 0) is 0 Å². The maximum absolute atomic E-state index is 10.6. The van der Waals surface area contributed by atoms with Crippen molar-refractivity contribution in [3.63, 3.8) is 0 Å². The summed E-state index contributed by atoms with van der Waals surface area (Å²) >= 11 is 1.68. The van der Waals surface area contributed by atoms with Crippen LogP contribution in [0.5, 0.6) is 0 Å². The third-order valence-electron chi connectivity index (χ3n) is 1.34. The molecule has 13 heavy (non-hydrogen) atoms. The van der Waals surface area contributed by atoms with E-state index in [1.807, 2.05) is 6.92 Å². The monoisotopic (exact) mass is 221 g/mol. The predicted molar refractivity (Wildman–Crippen MR) is 53.7 cm³/mol. The van der Waals surface area contributed by atoms with Gasteiger partial charge in [-0.25, -0.2) is 0 Å². The Hall–Kier alpha value is -0.210. The van der Waals surface area contributed by atoms with Crippen molar-refractivity contribution in [3.8, 4) is 5.75 Å². The van der Waals surface area contributed by atoms with Crippen molar-refractivity contribution in [2.45, 2.75) is 19.4 Å². The number of carboxylic acid groups (broad SMARTS) is 1. The van der Waals surface area contributed by atoms with Crippen LogP contribution >= 0.6 is 19.7 Å². The van der Waals surface area contributed by atoms with E-state index in [1.165, 1.54) is 0 Å². The van der Waals surface area contributed by atoms with E-state index in [9.17, 15) is 9.36 Å². The minimum absolute atomic E-state index is 0.314. The molecule has 0 spiro atoms. The molecule has 0 rings (SSSR count). The molecular weight excluding hydrogens is 209 g/mol. The van der Waals surface area contributed by atoms with Crippen LogP contribution in [0.15, 0.2) is 0 Å². The second kappa shape index (κ2) is 8.39. The molecule has 0 heterocycles. The van der Waals surface area contributed by atoms with Crippen molar-refractivity contribution >= 4 is 25.6 Å². The van der Waals surface area contributed by atoms with Crippen molar-refractivity contribution in [2.75, 3.05) is 11.5 Å². The fourth-order valence-corrected chi connectivity index (χ4v) is 1.61. The summed E-state index contributed by atoms with van der Waals surface area (Å²) in [7, 11) is -0.314. The molecule has 0 aliphatic rings. The van der Waals surface area contributed by atoms with Crippen LogP contribution in [0.4, 0.5) is 0 Å². The fourth-order valence-electron chi connectivity index (χ4n) is 0.707. The second-order valence-corrected chi connectivity index (χ2v) is 4.02. The second-order valence-electron chi connectivity index (χ2n) is 2.22. The topological polar surface area (TPSA) is 66.4 Å². The van der Waals surface area contributed by atoms with E-state index in [4.69, 9.17) is 5.11 Å². The van der Waals surface area contributed by atoms with E-state index < -0.39 is 12.0 Å². The van der Waals surface area contributed by atoms with E-state index in [-0.39, 0.29) is 7.92 Å². The molecule has 0 radical (unpaired) electrons. The number of carbonyl (C=O) groups is 1. The van der Waals surface area contributed by atoms with E-state index in [2.05, 4.69) is 11.1 Å². The van der Waals surface area contributed by atoms with E-state index >= 15 is 0 Å². The Bertz CT molecular complexity index is 251. The molecule has 0 aliphatic carbocycles. The number of hydrogen-bond acceptors (Lipinski definition) is 4. The van der Waals surface area contributed by atoms with Gasteiger partial charge in [0.05, 0.1) is 0 Å². The van der Waals surface area contributed by atoms with Gasteiger partial charge in [0, 0.05) is 0 Å². The summed E-state index contributed by atoms with van der Waals surface area (Å²) in [5.74, 6) is 3.04. The molecule has 1 atom stereocenters. The van der Waals surface area contributed by atoms with Gasteiger partial charge in [0.1, 0.15) is 0 Å². The molecule has 0 saturated carbocycles. The van der Waals surface area contributed by atoms with E-state index in [0.717, 1.165) is 11.5 Å². The first-order chi connectivity index (χ1) is 6.22. The van der Waals surface area contributed by atoms with Gasteiger partial charge in [-0.3, -0.25) is 0 Å². The summed E-state index contributed by atoms with van der Waals surface area (Å²) in [6.45, 7) is 2.02. The summed E-state index contributed by atoms with van der Waals surface area (Å²) < 4.78 is 9.99. The average molecular weight is 221 g/mol. The molecule has 0 aliphatic heterocycles. The molecule has 0 aromatic rings. The molecule has 74 valence electrons. The summed E-state index contributed by atoms with van der Waals surface area (Å²) in [6, 6.07) is -0.680. The Morgan fingerprint density at radius 2 is 2.46 bits per heavy atom. The predicted octanol–water partition coefficient (Wildman–Crippen LogP) is 1.38. The number of aliphatic carboxylic acids is 1. The van der Waals surface area contributed by atoms with Crippen LogP contribution in [0, 0.1) is 5.75 Å². The van der Waals surface area contributed by atoms with Gasteiger partial charge in [0.2, 0.25) is 0 Å². The number of carboxylic acids is 1. The normalized spacial score (nSPS) is 11.8. The van der Waals surface area contributed by atoms with Gasteiger partial charge in [-0.1, -0.05) is 0 Å². The molecule has 2 N–H and O–H groups in total. The third kappa shape index (κ3) is 6.91. The zero-order valence-electron chi connectivity index (χ0n) is 7.32. The molecule has 0 amide bonds. The minimum atomic E-state index is -0.937. The van der Waals surface area contributed by atoms with Crippen LogP contribution in [-0.4, -0.2) is 28.6 Å². The molecule has 0 unspecified atom stereocenters. The third-order valence-corrected chi connectivity index (χ3v) is 2.49. The first-order valence-corrected chi connectivity index (χ1v) is 5.82. The van der Waals surface area contributed by atoms with Crippen molar-refractivity contribution in [2.24, 2.45) is 0 Å². The van der Waals surface area contributed by atoms with Crippen molar-refractivity contribution < 1.29 is 14.5 Å². The standard InChI is InChI=1S/C7H12NO3PS/c1-2-13-4-3-6(7(9)10)8-5-12-11/h6,8H,2-4H2,1H3,(H,9,10)/t6-/m0/s1. The summed E-state index contributed by atoms with van der Waals surface area (Å²) in [4.78, 5) is 10.6. The first-order valence-electron chi connectivity index (χ1n) is 3.85. The maximum atomic E-state index is 10.6. The van der Waals surface area contributed by atoms with Gasteiger partial charge in [0.15, 0.2) is 0 Å². The zero-order chi connectivity index (χ0) is 10.1. The fraction of sp³-hybridized carbons (Fsp3) is 0.714. The summed E-state index contributed by atoms with van der Waals surface area (Å²) in [6.07, 6.45) is 0.510. The van der Waals surface area contributed by atoms with Crippen LogP contribution in [0.25, 0.3) is 0 Å². The first kappa shape index (κ1) is 12.8. The Morgan fingerprint density at radius 1 is 1.77 bits per heavy atom. The van der Waals surface area contributed by atoms with Gasteiger partial charge in [0.25, 0.3) is 0 Å². The van der Waals surface area contributed by atoms with Gasteiger partial charge >= 0.3 is 82.1 Å². The molecule has 4 nitrogen and oxygen atoms in total. The van der Waals surface area contributed by atoms with E-state index in [1.54, 1.807) is 11.8 Å². The van der Waals surface area contributed by atoms with Crippen LogP contribution in [-0.2, 0) is 9.36 Å². The van der Waals surface area contributed by atoms with Crippen molar-refractivity contribution in [3.05, 3.63) is 0 Å². The Morgan fingerprint density at radius 3 is 2.92 bits per heavy atom. The SMILES string of the molecule is CCSCC[C@H](NC#P=O)C(=O)O. The van der Waals surface area contributed by atoms with Crippen molar-refractivity contribution in [1.82, 2.24) is 5.32 Å². The van der Waals surface area contributed by atoms with Crippen LogP contribution < -0.4 is 5.32 Å². The number of hydrogen-bond donors (Lipinski definition) is 2. The molecular formula is C7H12NO3PS. The van der Waals surface area contributed by atoms with E-state index in [0.29, 0.717) is 6.42 Å². The summed E-state index contributed by atoms with van der Waals surface area (Å²) in [5.41, 5.74) is 0. The van der Waals surface area contributed by atoms with Crippen LogP contribution in [0.3, 0.4) is 0 Å². The summed E-state index contributed by atoms with van der Waals surface area (Å²) in [5, 5.41) is 11.1. The molecule has 0 aromatic heterocycles. The van der Waals surface area contributed by atoms with Crippen LogP contribution in [0.1, 0.15) is 13.3 Å². The average Bonchev–Trinajstić information content (AvgIpc) is 2.10. The quantitative estimate of drug-likeness (QED) is 0.403. The Kier molecular flexibility index (Phi) is 8.26. The Balaban J connectivity index is 3.85. The molecule has 0 aromatic carbocycles. The molecule has 0 saturated heterocycles. The molecule has 6 heteroatoms. The van der Waals surface area contributed by atoms with Gasteiger partial charge in [-0.15, -0.1) is 0 Å². The number of thioether (sulfide) groups is 1. The zero-order valence-corrected chi connectivity index (χ0v) is 9.03. The van der Waals surface area contributed by atoms with Gasteiger partial charge in [-0.2, -0.15) is 0 Å². The number of rotatable bonds is 6. The van der Waals surface area contributed by atoms with Crippen LogP contribution in [0.2, 0.25) is 0 Å². The molecule has 0 fully saturated rings. The number of nitrogens with one attached hydrogen (secondary N) is 1. The molecule has 0 bridgehead atoms. The van der Waals surface area contributed by atoms with Gasteiger partial charge < -0.3 is 0 Å².